The van der Waals surface area contributed by atoms with Crippen LogP contribution in [-0.4, -0.2) is 11.4 Å². The second-order valence-corrected chi connectivity index (χ2v) is 4.27. The molecule has 1 aliphatic rings. The second kappa shape index (κ2) is 6.73. The van der Waals surface area contributed by atoms with E-state index in [9.17, 15) is 13.2 Å². The van der Waals surface area contributed by atoms with E-state index in [1.165, 1.54) is 0 Å². The summed E-state index contributed by atoms with van der Waals surface area (Å²) in [4.78, 5) is 1.78. The standard InChI is InChI=1S/C15H13F3N.Y/c1-4-19-10(3)9(2)5-6-14(19)11-7-12(16)15(18)13(17)8-11;/h5,7-8H,3-4H2,1-2H3;/q-1;. The summed E-state index contributed by atoms with van der Waals surface area (Å²) in [6.45, 7) is 8.26. The van der Waals surface area contributed by atoms with Gasteiger partial charge in [-0.3, -0.25) is 0 Å². The number of hydrogen-bond acceptors (Lipinski definition) is 1. The van der Waals surface area contributed by atoms with Crippen molar-refractivity contribution in [2.75, 3.05) is 6.54 Å². The number of nitrogens with zero attached hydrogens (tertiary/aromatic N) is 1. The molecule has 1 heterocycles. The SMILES string of the molecule is C=C1C(C)=C[C-]=C(c2cc(F)c(F)c(F)c2)N1CC.[Y]. The molecule has 0 spiro atoms. The molecule has 1 radical (unpaired) electrons. The van der Waals surface area contributed by atoms with E-state index in [1.54, 1.807) is 11.0 Å². The third kappa shape index (κ3) is 3.07. The van der Waals surface area contributed by atoms with Gasteiger partial charge in [0.15, 0.2) is 17.5 Å². The van der Waals surface area contributed by atoms with Crippen LogP contribution in [0.2, 0.25) is 0 Å². The molecule has 0 saturated heterocycles. The van der Waals surface area contributed by atoms with Crippen LogP contribution in [0.4, 0.5) is 13.2 Å². The van der Waals surface area contributed by atoms with Crippen LogP contribution in [0.15, 0.2) is 36.1 Å². The van der Waals surface area contributed by atoms with Crippen molar-refractivity contribution >= 4 is 5.70 Å². The Morgan fingerprint density at radius 1 is 1.20 bits per heavy atom. The van der Waals surface area contributed by atoms with Gasteiger partial charge < -0.3 is 4.90 Å². The van der Waals surface area contributed by atoms with E-state index in [2.05, 4.69) is 12.7 Å². The van der Waals surface area contributed by atoms with Gasteiger partial charge in [0, 0.05) is 39.3 Å². The van der Waals surface area contributed by atoms with Crippen molar-refractivity contribution < 1.29 is 45.9 Å². The molecule has 103 valence electrons. The van der Waals surface area contributed by atoms with Crippen LogP contribution in [0, 0.1) is 23.5 Å². The zero-order valence-electron chi connectivity index (χ0n) is 11.3. The van der Waals surface area contributed by atoms with Crippen molar-refractivity contribution in [1.29, 1.82) is 0 Å². The Morgan fingerprint density at radius 3 is 2.25 bits per heavy atom. The first-order valence-corrected chi connectivity index (χ1v) is 5.87. The van der Waals surface area contributed by atoms with Crippen molar-refractivity contribution in [1.82, 2.24) is 4.90 Å². The minimum absolute atomic E-state index is 0. The zero-order chi connectivity index (χ0) is 14.2. The van der Waals surface area contributed by atoms with Gasteiger partial charge in [0.25, 0.3) is 0 Å². The quantitative estimate of drug-likeness (QED) is 0.573. The summed E-state index contributed by atoms with van der Waals surface area (Å²) in [7, 11) is 0. The molecule has 1 aliphatic heterocycles. The molecule has 0 unspecified atom stereocenters. The van der Waals surface area contributed by atoms with Crippen LogP contribution < -0.4 is 0 Å². The number of halogens is 3. The average Bonchev–Trinajstić information content (AvgIpc) is 2.38. The molecule has 0 bridgehead atoms. The number of benzene rings is 1. The average molecular weight is 353 g/mol. The van der Waals surface area contributed by atoms with Crippen molar-refractivity contribution in [3.05, 3.63) is 65.1 Å². The van der Waals surface area contributed by atoms with Crippen LogP contribution in [-0.2, 0) is 32.7 Å². The van der Waals surface area contributed by atoms with Crippen molar-refractivity contribution in [2.45, 2.75) is 13.8 Å². The van der Waals surface area contributed by atoms with E-state index in [1.807, 2.05) is 13.8 Å². The van der Waals surface area contributed by atoms with Gasteiger partial charge in [-0.25, -0.2) is 13.2 Å². The Balaban J connectivity index is 0.00000200. The van der Waals surface area contributed by atoms with Gasteiger partial charge in [-0.1, -0.05) is 36.9 Å². The summed E-state index contributed by atoms with van der Waals surface area (Å²) in [6, 6.07) is 1.93. The number of rotatable bonds is 2. The van der Waals surface area contributed by atoms with Gasteiger partial charge in [0.2, 0.25) is 0 Å². The van der Waals surface area contributed by atoms with E-state index in [-0.39, 0.29) is 38.3 Å². The number of hydrogen-bond donors (Lipinski definition) is 0. The fourth-order valence-corrected chi connectivity index (χ4v) is 1.97. The van der Waals surface area contributed by atoms with E-state index in [0.29, 0.717) is 12.2 Å². The van der Waals surface area contributed by atoms with Crippen LogP contribution in [0.1, 0.15) is 19.4 Å². The van der Waals surface area contributed by atoms with Crippen molar-refractivity contribution in [3.8, 4) is 0 Å². The molecular formula is C15H13F3NY-. The van der Waals surface area contributed by atoms with E-state index < -0.39 is 17.5 Å². The van der Waals surface area contributed by atoms with Crippen LogP contribution >= 0.6 is 0 Å². The minimum atomic E-state index is -1.46. The first kappa shape index (κ1) is 17.2. The normalized spacial score (nSPS) is 14.7. The van der Waals surface area contributed by atoms with E-state index in [4.69, 9.17) is 0 Å². The second-order valence-electron chi connectivity index (χ2n) is 4.27. The molecule has 2 rings (SSSR count). The molecule has 1 nitrogen and oxygen atoms in total. The monoisotopic (exact) mass is 353 g/mol. The topological polar surface area (TPSA) is 3.24 Å². The number of allylic oxidation sites excluding steroid dienone is 3. The first-order chi connectivity index (χ1) is 8.95. The summed E-state index contributed by atoms with van der Waals surface area (Å²) in [5.41, 5.74) is 2.38. The van der Waals surface area contributed by atoms with Gasteiger partial charge in [0.1, 0.15) is 0 Å². The maximum absolute atomic E-state index is 13.3. The molecule has 5 heteroatoms. The molecule has 0 amide bonds. The van der Waals surface area contributed by atoms with Gasteiger partial charge >= 0.3 is 0 Å². The van der Waals surface area contributed by atoms with Crippen LogP contribution in [0.3, 0.4) is 0 Å². The maximum Gasteiger partial charge on any atom is 0.192 e. The van der Waals surface area contributed by atoms with Crippen molar-refractivity contribution in [2.24, 2.45) is 0 Å². The first-order valence-electron chi connectivity index (χ1n) is 5.87. The largest absolute Gasteiger partial charge is 0.376 e. The molecule has 0 aromatic heterocycles. The Bertz CT molecular complexity index is 582. The van der Waals surface area contributed by atoms with Gasteiger partial charge in [-0.2, -0.15) is 12.2 Å². The van der Waals surface area contributed by atoms with Crippen molar-refractivity contribution in [3.63, 3.8) is 0 Å². The third-order valence-electron chi connectivity index (χ3n) is 3.05. The maximum atomic E-state index is 13.3. The summed E-state index contributed by atoms with van der Waals surface area (Å²) in [6.07, 6.45) is 4.65. The molecule has 20 heavy (non-hydrogen) atoms. The summed E-state index contributed by atoms with van der Waals surface area (Å²) in [5.74, 6) is -3.89. The molecule has 1 aromatic rings. The molecule has 0 aliphatic carbocycles. The summed E-state index contributed by atoms with van der Waals surface area (Å²) >= 11 is 0. The molecule has 0 N–H and O–H groups in total. The summed E-state index contributed by atoms with van der Waals surface area (Å²) in [5, 5.41) is 0. The zero-order valence-corrected chi connectivity index (χ0v) is 14.1. The van der Waals surface area contributed by atoms with Gasteiger partial charge in [-0.05, 0) is 12.6 Å². The fraction of sp³-hybridized carbons (Fsp3) is 0.200. The van der Waals surface area contributed by atoms with E-state index >= 15 is 0 Å². The minimum Gasteiger partial charge on any atom is -0.376 e. The van der Waals surface area contributed by atoms with Crippen LogP contribution in [0.5, 0.6) is 0 Å². The van der Waals surface area contributed by atoms with Gasteiger partial charge in [0.05, 0.1) is 0 Å². The molecule has 0 atom stereocenters. The Morgan fingerprint density at radius 2 is 1.75 bits per heavy atom. The van der Waals surface area contributed by atoms with Gasteiger partial charge in [-0.15, -0.1) is 5.57 Å². The molecule has 0 fully saturated rings. The summed E-state index contributed by atoms with van der Waals surface area (Å²) < 4.78 is 39.5. The fourth-order valence-electron chi connectivity index (χ4n) is 1.97. The Kier molecular flexibility index (Phi) is 5.78. The predicted molar refractivity (Wildman–Crippen MR) is 68.2 cm³/mol. The Labute approximate surface area is 141 Å². The molecular weight excluding hydrogens is 340 g/mol. The Hall–Kier alpha value is -0.866. The number of likely N-dealkylation sites (N-methyl/N-ethyl adjacent to an activating group) is 1. The smallest absolute Gasteiger partial charge is 0.192 e. The molecule has 1 aromatic carbocycles. The van der Waals surface area contributed by atoms with Crippen LogP contribution in [0.25, 0.3) is 5.70 Å². The molecule has 0 saturated carbocycles. The van der Waals surface area contributed by atoms with E-state index in [0.717, 1.165) is 23.4 Å². The third-order valence-corrected chi connectivity index (χ3v) is 3.05. The predicted octanol–water partition coefficient (Wildman–Crippen LogP) is 4.04.